The summed E-state index contributed by atoms with van der Waals surface area (Å²) in [5.74, 6) is -5.76. The van der Waals surface area contributed by atoms with Crippen molar-refractivity contribution in [2.75, 3.05) is 63.0 Å². The maximum atomic E-state index is 9.55. The van der Waals surface area contributed by atoms with Crippen LogP contribution in [0, 0.1) is 0 Å². The molecule has 0 atom stereocenters. The summed E-state index contributed by atoms with van der Waals surface area (Å²) in [7, 11) is 0. The zero-order valence-corrected chi connectivity index (χ0v) is 49.4. The molecule has 4 aromatic heterocycles. The van der Waals surface area contributed by atoms with Gasteiger partial charge in [-0.05, 0) is 98.1 Å². The average molecular weight is 1230 g/mol. The highest BCUT2D eigenvalue weighted by molar-refractivity contribution is 5.90. The number of likely N-dealkylation sites (tertiary alicyclic amines) is 2. The molecule has 0 amide bonds. The van der Waals surface area contributed by atoms with Gasteiger partial charge < -0.3 is 60.5 Å². The van der Waals surface area contributed by atoms with Crippen LogP contribution in [0.4, 0.5) is 11.6 Å². The molecule has 2 saturated heterocycles. The number of rotatable bonds is 24. The normalized spacial score (nSPS) is 13.8. The molecule has 90 heavy (non-hydrogen) atoms. The van der Waals surface area contributed by atoms with Crippen LogP contribution >= 0.6 is 0 Å². The minimum Gasteiger partial charge on any atom is -0.478 e. The van der Waals surface area contributed by atoms with Crippen molar-refractivity contribution in [3.8, 4) is 0 Å². The molecule has 2 fully saturated rings. The van der Waals surface area contributed by atoms with Crippen molar-refractivity contribution in [2.45, 2.75) is 62.9 Å². The zero-order chi connectivity index (χ0) is 64.3. The Kier molecular flexibility index (Phi) is 29.0. The van der Waals surface area contributed by atoms with Gasteiger partial charge in [0.1, 0.15) is 23.8 Å². The topological polar surface area (TPSA) is 333 Å². The number of benzene rings is 4. The largest absolute Gasteiger partial charge is 0.478 e. The molecule has 0 saturated carbocycles. The first-order chi connectivity index (χ1) is 43.6. The fourth-order valence-corrected chi connectivity index (χ4v) is 9.42. The lowest BCUT2D eigenvalue weighted by molar-refractivity contribution is -0.134. The number of hydrogen-bond donors (Lipinski definition) is 8. The van der Waals surface area contributed by atoms with E-state index in [2.05, 4.69) is 162 Å². The van der Waals surface area contributed by atoms with E-state index in [-0.39, 0.29) is 24.4 Å². The molecule has 8 aromatic rings. The second-order valence-electron chi connectivity index (χ2n) is 20.2. The molecule has 8 N–H and O–H groups in total. The van der Waals surface area contributed by atoms with E-state index in [1.54, 1.807) is 21.4 Å². The van der Waals surface area contributed by atoms with Gasteiger partial charge in [-0.3, -0.25) is 0 Å². The number of nitrogens with zero attached hydrogens (tertiary/aromatic N) is 8. The van der Waals surface area contributed by atoms with Crippen molar-refractivity contribution in [1.82, 2.24) is 39.0 Å². The molecule has 6 heterocycles. The molecule has 4 aromatic carbocycles. The fourth-order valence-electron chi connectivity index (χ4n) is 9.42. The smallest absolute Gasteiger partial charge is 0.328 e. The Morgan fingerprint density at radius 3 is 0.967 bits per heavy atom. The van der Waals surface area contributed by atoms with E-state index in [1.165, 1.54) is 22.3 Å². The first-order valence-corrected chi connectivity index (χ1v) is 29.0. The predicted octanol–water partition coefficient (Wildman–Crippen LogP) is 8.74. The van der Waals surface area contributed by atoms with Crippen molar-refractivity contribution in [2.24, 2.45) is 0 Å². The third-order valence-corrected chi connectivity index (χ3v) is 13.7. The molecule has 0 aliphatic carbocycles. The number of carboxylic acids is 6. The quantitative estimate of drug-likeness (QED) is 0.0207. The molecular formula is C66H74N10O14. The second-order valence-corrected chi connectivity index (χ2v) is 20.2. The number of imidazole rings is 2. The number of aromatic nitrogens is 6. The molecule has 0 radical (unpaired) electrons. The molecule has 24 heteroatoms. The lowest BCUT2D eigenvalue weighted by Crippen LogP contribution is -2.38. The molecule has 10 rings (SSSR count). The lowest BCUT2D eigenvalue weighted by atomic mass is 10.00. The van der Waals surface area contributed by atoms with Gasteiger partial charge in [-0.1, -0.05) is 121 Å². The van der Waals surface area contributed by atoms with Crippen molar-refractivity contribution in [3.63, 3.8) is 0 Å². The predicted molar refractivity (Wildman–Crippen MR) is 336 cm³/mol. The van der Waals surface area contributed by atoms with Gasteiger partial charge in [0.05, 0.1) is 12.2 Å². The molecule has 24 nitrogen and oxygen atoms in total. The third kappa shape index (κ3) is 25.9. The van der Waals surface area contributed by atoms with Crippen LogP contribution in [0.3, 0.4) is 0 Å². The number of anilines is 2. The van der Waals surface area contributed by atoms with Gasteiger partial charge in [0.15, 0.2) is 11.3 Å². The average Bonchev–Trinajstić information content (AvgIpc) is 2.42. The summed E-state index contributed by atoms with van der Waals surface area (Å²) in [6, 6.07) is 50.2. The summed E-state index contributed by atoms with van der Waals surface area (Å²) < 4.78 is 16.9. The van der Waals surface area contributed by atoms with E-state index in [0.717, 1.165) is 114 Å². The van der Waals surface area contributed by atoms with E-state index >= 15 is 0 Å². The molecule has 0 spiro atoms. The SMILES string of the molecule is O=C(O)/C=C/C(=O)O.O=C(O)/C=C/C(=O)O.O=C(O)/C=C/C(=O)O.c1ccc(C(OC2CCN(CCCNc3ccc4nccn4n3)CC2)c2ccccc2)cc1.c1ccc(C(OC2CCN(CCCNc3ccc4nccn4n3)CC2)c2ccccc2)cc1. The van der Waals surface area contributed by atoms with Crippen molar-refractivity contribution >= 4 is 58.7 Å². The van der Waals surface area contributed by atoms with Crippen LogP contribution in [0.15, 0.2) is 207 Å². The van der Waals surface area contributed by atoms with Gasteiger partial charge in [-0.25, -0.2) is 47.8 Å². The first kappa shape index (κ1) is 68.7. The van der Waals surface area contributed by atoms with Crippen LogP contribution in [0.5, 0.6) is 0 Å². The monoisotopic (exact) mass is 1230 g/mol. The maximum absolute atomic E-state index is 9.55. The summed E-state index contributed by atoms with van der Waals surface area (Å²) in [6.07, 6.45) is 17.6. The summed E-state index contributed by atoms with van der Waals surface area (Å²) in [5, 5.41) is 62.8. The molecule has 2 aliphatic heterocycles. The molecule has 2 aliphatic rings. The van der Waals surface area contributed by atoms with Crippen molar-refractivity contribution in [1.29, 1.82) is 0 Å². The Balaban J connectivity index is 0.000000211. The number of aliphatic carboxylic acids is 6. The Bertz CT molecular complexity index is 3160. The van der Waals surface area contributed by atoms with Crippen LogP contribution in [-0.4, -0.2) is 170 Å². The highest BCUT2D eigenvalue weighted by Crippen LogP contribution is 2.32. The minimum absolute atomic E-state index is 0.00603. The summed E-state index contributed by atoms with van der Waals surface area (Å²) >= 11 is 0. The Hall–Kier alpha value is -10.4. The number of ether oxygens (including phenoxy) is 2. The Morgan fingerprint density at radius 1 is 0.422 bits per heavy atom. The van der Waals surface area contributed by atoms with Crippen LogP contribution in [0.25, 0.3) is 11.3 Å². The van der Waals surface area contributed by atoms with Crippen molar-refractivity contribution < 1.29 is 68.9 Å². The third-order valence-electron chi connectivity index (χ3n) is 13.7. The maximum Gasteiger partial charge on any atom is 0.328 e. The van der Waals surface area contributed by atoms with Crippen molar-refractivity contribution in [3.05, 3.63) is 229 Å². The number of carbonyl (C=O) groups is 6. The molecule has 0 unspecified atom stereocenters. The highest BCUT2D eigenvalue weighted by Gasteiger charge is 2.26. The minimum atomic E-state index is -1.26. The Labute approximate surface area is 519 Å². The summed E-state index contributed by atoms with van der Waals surface area (Å²) in [4.78, 5) is 70.9. The van der Waals surface area contributed by atoms with Gasteiger partial charge in [0.25, 0.3) is 0 Å². The number of carboxylic acid groups (broad SMARTS) is 6. The van der Waals surface area contributed by atoms with E-state index in [1.807, 2.05) is 36.7 Å². The first-order valence-electron chi connectivity index (χ1n) is 29.0. The molecule has 0 bridgehead atoms. The standard InChI is InChI=1S/2C27H31N5O.3C4H4O4/c2*1-3-8-22(9-4-1)27(23-10-5-2-6-11-23)33-24-14-19-31(20-15-24)18-7-16-28-25-12-13-26-29-17-21-32(26)30-25;3*5-3(6)1-2-4(7)8/h2*1-6,8-13,17,21,24,27H,7,14-16,18-20H2,(H,28,30);3*1-2H,(H,5,6)(H,7,8)/b;;3*2-1+. The summed E-state index contributed by atoms with van der Waals surface area (Å²) in [5.41, 5.74) is 6.62. The zero-order valence-electron chi connectivity index (χ0n) is 49.4. The Morgan fingerprint density at radius 2 is 0.700 bits per heavy atom. The van der Waals surface area contributed by atoms with Gasteiger partial charge in [-0.2, -0.15) is 0 Å². The lowest BCUT2D eigenvalue weighted by Gasteiger charge is -2.34. The van der Waals surface area contributed by atoms with Gasteiger partial charge >= 0.3 is 35.8 Å². The number of nitrogens with one attached hydrogen (secondary N) is 2. The van der Waals surface area contributed by atoms with Crippen LogP contribution in [-0.2, 0) is 38.2 Å². The number of hydrogen-bond acceptors (Lipinski definition) is 16. The number of fused-ring (bicyclic) bond motifs is 2. The van der Waals surface area contributed by atoms with Gasteiger partial charge in [-0.15, -0.1) is 10.2 Å². The van der Waals surface area contributed by atoms with Gasteiger partial charge in [0, 0.05) is 101 Å². The van der Waals surface area contributed by atoms with Crippen LogP contribution in [0.1, 0.15) is 73.0 Å². The second kappa shape index (κ2) is 38.0. The van der Waals surface area contributed by atoms with E-state index < -0.39 is 35.8 Å². The fraction of sp³-hybridized carbons (Fsp3) is 0.273. The molecular weight excluding hydrogens is 1160 g/mol. The van der Waals surface area contributed by atoms with E-state index in [4.69, 9.17) is 40.1 Å². The van der Waals surface area contributed by atoms with Crippen LogP contribution < -0.4 is 10.6 Å². The summed E-state index contributed by atoms with van der Waals surface area (Å²) in [6.45, 7) is 8.34. The van der Waals surface area contributed by atoms with Crippen LogP contribution in [0.2, 0.25) is 0 Å². The molecule has 472 valence electrons. The highest BCUT2D eigenvalue weighted by atomic mass is 16.5. The van der Waals surface area contributed by atoms with Gasteiger partial charge in [0.2, 0.25) is 0 Å². The van der Waals surface area contributed by atoms with E-state index in [0.29, 0.717) is 36.5 Å². The number of piperidine rings is 2. The van der Waals surface area contributed by atoms with E-state index in [9.17, 15) is 28.8 Å².